The minimum absolute atomic E-state index is 0.0540. The zero-order valence-corrected chi connectivity index (χ0v) is 38.7. The Morgan fingerprint density at radius 1 is 0.343 bits per heavy atom. The fourth-order valence-electron chi connectivity index (χ4n) is 13.8. The van der Waals surface area contributed by atoms with Gasteiger partial charge < -0.3 is 9.47 Å². The maximum Gasteiger partial charge on any atom is 0.170 e. The first kappa shape index (κ1) is 39.9. The Kier molecular flexibility index (Phi) is 8.81. The molecule has 9 aromatic carbocycles. The van der Waals surface area contributed by atoms with E-state index in [-0.39, 0.29) is 5.41 Å². The van der Waals surface area contributed by atoms with Crippen molar-refractivity contribution in [1.82, 2.24) is 9.97 Å². The van der Waals surface area contributed by atoms with Crippen LogP contribution in [0.25, 0.3) is 89.2 Å². The maximum absolute atomic E-state index is 6.64. The largest absolute Gasteiger partial charge is 0.450 e. The molecule has 1 spiro atoms. The molecule has 0 atom stereocenters. The van der Waals surface area contributed by atoms with Crippen LogP contribution in [-0.2, 0) is 5.41 Å². The highest BCUT2D eigenvalue weighted by molar-refractivity contribution is 5.97. The van der Waals surface area contributed by atoms with E-state index in [1.165, 1.54) is 87.7 Å². The molecule has 10 aromatic rings. The van der Waals surface area contributed by atoms with Crippen LogP contribution in [0.4, 0.5) is 0 Å². The van der Waals surface area contributed by atoms with E-state index in [2.05, 4.69) is 182 Å². The predicted molar refractivity (Wildman–Crippen MR) is 282 cm³/mol. The molecule has 0 unspecified atom stereocenters. The van der Waals surface area contributed by atoms with Crippen LogP contribution in [0.1, 0.15) is 43.2 Å². The number of nitrogens with zero attached hydrogens (tertiary/aromatic N) is 2. The molecule has 0 N–H and O–H groups in total. The van der Waals surface area contributed by atoms with E-state index >= 15 is 0 Å². The van der Waals surface area contributed by atoms with Crippen LogP contribution in [0.2, 0.25) is 0 Å². The standard InChI is InChI=1S/C66H48N2O2/c1-3-10-42(11-4-1)44-18-20-46(21-19-44)48-14-9-15-51(35-48)64-55-29-27-50(37-59(55)67-65(68-64)47-24-22-45(23-25-47)43-12-5-2-6-13-43)49-26-28-54-56-38-62-63(70-61-17-8-7-16-60(61)69-62)39-58(56)66(57(54)36-49)52-31-40-30-41(33-52)34-53(66)32-40/h1-29,35-41,52-53H,30-34H2. The highest BCUT2D eigenvalue weighted by Crippen LogP contribution is 2.70. The van der Waals surface area contributed by atoms with Crippen molar-refractivity contribution in [3.8, 4) is 101 Å². The second-order valence-corrected chi connectivity index (χ2v) is 20.5. The number of aromatic nitrogens is 2. The molecule has 0 radical (unpaired) electrons. The highest BCUT2D eigenvalue weighted by Gasteiger charge is 2.62. The topological polar surface area (TPSA) is 44.2 Å². The van der Waals surface area contributed by atoms with Gasteiger partial charge in [-0.25, -0.2) is 9.97 Å². The molecule has 0 saturated heterocycles. The fourth-order valence-corrected chi connectivity index (χ4v) is 13.8. The zero-order chi connectivity index (χ0) is 45.9. The summed E-state index contributed by atoms with van der Waals surface area (Å²) in [6.07, 6.45) is 6.63. The first-order chi connectivity index (χ1) is 34.6. The van der Waals surface area contributed by atoms with Gasteiger partial charge in [-0.05, 0) is 171 Å². The molecular weight excluding hydrogens is 853 g/mol. The summed E-state index contributed by atoms with van der Waals surface area (Å²) < 4.78 is 13.2. The lowest BCUT2D eigenvalue weighted by molar-refractivity contribution is -0.0399. The lowest BCUT2D eigenvalue weighted by Crippen LogP contribution is -2.55. The number of hydrogen-bond donors (Lipinski definition) is 0. The van der Waals surface area contributed by atoms with Crippen molar-refractivity contribution in [3.05, 3.63) is 217 Å². The van der Waals surface area contributed by atoms with Crippen molar-refractivity contribution < 1.29 is 9.47 Å². The predicted octanol–water partition coefficient (Wildman–Crippen LogP) is 17.3. The van der Waals surface area contributed by atoms with Crippen molar-refractivity contribution in [3.63, 3.8) is 0 Å². The summed E-state index contributed by atoms with van der Waals surface area (Å²) in [7, 11) is 0. The van der Waals surface area contributed by atoms with Crippen LogP contribution < -0.4 is 9.47 Å². The van der Waals surface area contributed by atoms with E-state index in [0.717, 1.165) is 73.7 Å². The summed E-state index contributed by atoms with van der Waals surface area (Å²) in [6.45, 7) is 0. The van der Waals surface area contributed by atoms with Gasteiger partial charge >= 0.3 is 0 Å². The molecule has 0 amide bonds. The maximum atomic E-state index is 6.64. The molecule has 1 aliphatic heterocycles. The number of benzene rings is 9. The lowest BCUT2D eigenvalue weighted by atomic mass is 9.43. The van der Waals surface area contributed by atoms with Crippen molar-refractivity contribution in [2.24, 2.45) is 23.7 Å². The first-order valence-corrected chi connectivity index (χ1v) is 25.1. The molecule has 1 aromatic heterocycles. The van der Waals surface area contributed by atoms with Crippen molar-refractivity contribution in [2.75, 3.05) is 0 Å². The number of ether oxygens (including phenoxy) is 2. The Balaban J connectivity index is 0.861. The number of hydrogen-bond acceptors (Lipinski definition) is 4. The Bertz CT molecular complexity index is 3680. The van der Waals surface area contributed by atoms with Gasteiger partial charge in [-0.1, -0.05) is 158 Å². The van der Waals surface area contributed by atoms with Crippen LogP contribution in [0.15, 0.2) is 206 Å². The molecule has 334 valence electrons. The smallest absolute Gasteiger partial charge is 0.170 e. The van der Waals surface area contributed by atoms with Gasteiger partial charge in [-0.15, -0.1) is 0 Å². The Morgan fingerprint density at radius 2 is 0.829 bits per heavy atom. The number of fused-ring (bicyclic) bond motifs is 6. The summed E-state index contributed by atoms with van der Waals surface area (Å²) in [5, 5.41) is 1.03. The van der Waals surface area contributed by atoms with E-state index in [9.17, 15) is 0 Å². The van der Waals surface area contributed by atoms with E-state index < -0.39 is 0 Å². The van der Waals surface area contributed by atoms with Gasteiger partial charge in [0.15, 0.2) is 28.8 Å². The van der Waals surface area contributed by atoms with Gasteiger partial charge in [-0.2, -0.15) is 0 Å². The average molecular weight is 901 g/mol. The molecule has 4 nitrogen and oxygen atoms in total. The van der Waals surface area contributed by atoms with Crippen molar-refractivity contribution in [1.29, 1.82) is 0 Å². The molecular formula is C66H48N2O2. The summed E-state index contributed by atoms with van der Waals surface area (Å²) in [6, 6.07) is 74.4. The lowest BCUT2D eigenvalue weighted by Gasteiger charge is -2.61. The van der Waals surface area contributed by atoms with Crippen LogP contribution in [0.3, 0.4) is 0 Å². The summed E-state index contributed by atoms with van der Waals surface area (Å²) in [5.74, 6) is 6.79. The van der Waals surface area contributed by atoms with E-state index in [4.69, 9.17) is 19.4 Å². The van der Waals surface area contributed by atoms with Crippen LogP contribution in [-0.4, -0.2) is 9.97 Å². The Morgan fingerprint density at radius 3 is 1.49 bits per heavy atom. The van der Waals surface area contributed by atoms with Gasteiger partial charge in [0, 0.05) is 21.9 Å². The van der Waals surface area contributed by atoms with Crippen LogP contribution >= 0.6 is 0 Å². The van der Waals surface area contributed by atoms with Crippen LogP contribution in [0.5, 0.6) is 23.0 Å². The summed E-state index contributed by atoms with van der Waals surface area (Å²) in [4.78, 5) is 10.8. The Hall–Kier alpha value is -8.08. The third kappa shape index (κ3) is 6.22. The second-order valence-electron chi connectivity index (χ2n) is 20.5. The number of para-hydroxylation sites is 2. The molecule has 4 bridgehead atoms. The molecule has 16 rings (SSSR count). The van der Waals surface area contributed by atoms with Gasteiger partial charge in [0.2, 0.25) is 0 Å². The summed E-state index contributed by atoms with van der Waals surface area (Å²) in [5.41, 5.74) is 18.9. The molecule has 70 heavy (non-hydrogen) atoms. The third-order valence-electron chi connectivity index (χ3n) is 16.7. The normalized spacial score (nSPS) is 20.9. The average Bonchev–Trinajstić information content (AvgIpc) is 3.69. The molecule has 6 aliphatic rings. The minimum Gasteiger partial charge on any atom is -0.450 e. The zero-order valence-electron chi connectivity index (χ0n) is 38.7. The molecule has 4 fully saturated rings. The molecule has 2 heterocycles. The quantitative estimate of drug-likeness (QED) is 0.167. The van der Waals surface area contributed by atoms with Gasteiger partial charge in [-0.3, -0.25) is 0 Å². The molecule has 5 aliphatic carbocycles. The van der Waals surface area contributed by atoms with Crippen molar-refractivity contribution >= 4 is 10.9 Å². The van der Waals surface area contributed by atoms with Gasteiger partial charge in [0.25, 0.3) is 0 Å². The van der Waals surface area contributed by atoms with Gasteiger partial charge in [0.05, 0.1) is 11.2 Å². The number of rotatable bonds is 6. The second kappa shape index (κ2) is 15.5. The van der Waals surface area contributed by atoms with E-state index in [1.807, 2.05) is 24.3 Å². The first-order valence-electron chi connectivity index (χ1n) is 25.1. The highest BCUT2D eigenvalue weighted by atomic mass is 16.6. The van der Waals surface area contributed by atoms with Gasteiger partial charge in [0.1, 0.15) is 0 Å². The van der Waals surface area contributed by atoms with Crippen LogP contribution in [0, 0.1) is 23.7 Å². The van der Waals surface area contributed by atoms with Crippen molar-refractivity contribution in [2.45, 2.75) is 37.5 Å². The molecule has 4 saturated carbocycles. The van der Waals surface area contributed by atoms with E-state index in [0.29, 0.717) is 17.7 Å². The molecule has 4 heteroatoms. The SMILES string of the molecule is c1ccc(-c2ccc(-c3cccc(-c4nc(-c5ccc(-c6ccccc6)cc5)nc5cc(-c6ccc7c(c6)C6(c8cc9c(cc8-7)Oc7ccccc7O9)C7CC8CC(C7)CC6C8)ccc45)c3)cc2)cc1. The minimum atomic E-state index is -0.0540. The summed E-state index contributed by atoms with van der Waals surface area (Å²) >= 11 is 0. The monoisotopic (exact) mass is 900 g/mol. The third-order valence-corrected chi connectivity index (χ3v) is 16.7. The fraction of sp³-hybridized carbons (Fsp3) is 0.152. The Labute approximate surface area is 408 Å². The van der Waals surface area contributed by atoms with E-state index in [1.54, 1.807) is 0 Å².